The number of ether oxygens (including phenoxy) is 2. The third-order valence-electron chi connectivity index (χ3n) is 3.28. The number of benzene rings is 1. The SMILES string of the molecule is CCOc1ccccc1C(N)C1CCCOC1. The molecule has 1 heterocycles. The van der Waals surface area contributed by atoms with Gasteiger partial charge >= 0.3 is 0 Å². The van der Waals surface area contributed by atoms with Crippen molar-refractivity contribution in [3.63, 3.8) is 0 Å². The maximum Gasteiger partial charge on any atom is 0.124 e. The minimum Gasteiger partial charge on any atom is -0.494 e. The lowest BCUT2D eigenvalue weighted by Gasteiger charge is -2.28. The lowest BCUT2D eigenvalue weighted by atomic mass is 9.89. The predicted octanol–water partition coefficient (Wildman–Crippen LogP) is 2.51. The molecule has 1 aliphatic rings. The molecule has 1 saturated heterocycles. The number of rotatable bonds is 4. The maximum absolute atomic E-state index is 6.34. The highest BCUT2D eigenvalue weighted by atomic mass is 16.5. The molecule has 0 saturated carbocycles. The van der Waals surface area contributed by atoms with Gasteiger partial charge in [0.05, 0.1) is 13.2 Å². The van der Waals surface area contributed by atoms with E-state index in [1.165, 1.54) is 0 Å². The van der Waals surface area contributed by atoms with Gasteiger partial charge in [0.1, 0.15) is 5.75 Å². The van der Waals surface area contributed by atoms with Gasteiger partial charge in [-0.2, -0.15) is 0 Å². The van der Waals surface area contributed by atoms with Gasteiger partial charge in [0.25, 0.3) is 0 Å². The first-order chi connectivity index (χ1) is 8.33. The van der Waals surface area contributed by atoms with E-state index in [1.54, 1.807) is 0 Å². The summed E-state index contributed by atoms with van der Waals surface area (Å²) in [5, 5.41) is 0. The second-order valence-corrected chi connectivity index (χ2v) is 4.47. The average Bonchev–Trinajstić information content (AvgIpc) is 2.40. The Morgan fingerprint density at radius 3 is 3.00 bits per heavy atom. The summed E-state index contributed by atoms with van der Waals surface area (Å²) >= 11 is 0. The Morgan fingerprint density at radius 1 is 1.47 bits per heavy atom. The van der Waals surface area contributed by atoms with E-state index in [0.29, 0.717) is 12.5 Å². The van der Waals surface area contributed by atoms with Crippen LogP contribution in [0.5, 0.6) is 5.75 Å². The number of nitrogens with two attached hydrogens (primary N) is 1. The first-order valence-electron chi connectivity index (χ1n) is 6.38. The van der Waals surface area contributed by atoms with Crippen molar-refractivity contribution in [2.75, 3.05) is 19.8 Å². The van der Waals surface area contributed by atoms with E-state index in [-0.39, 0.29) is 6.04 Å². The van der Waals surface area contributed by atoms with E-state index in [9.17, 15) is 0 Å². The van der Waals surface area contributed by atoms with Crippen LogP contribution in [0, 0.1) is 5.92 Å². The number of hydrogen-bond acceptors (Lipinski definition) is 3. The van der Waals surface area contributed by atoms with E-state index in [1.807, 2.05) is 25.1 Å². The topological polar surface area (TPSA) is 44.5 Å². The second kappa shape index (κ2) is 6.03. The molecule has 17 heavy (non-hydrogen) atoms. The molecule has 94 valence electrons. The molecule has 0 aromatic heterocycles. The lowest BCUT2D eigenvalue weighted by Crippen LogP contribution is -2.29. The Labute approximate surface area is 103 Å². The molecule has 0 spiro atoms. The molecule has 1 aliphatic heterocycles. The highest BCUT2D eigenvalue weighted by Gasteiger charge is 2.24. The van der Waals surface area contributed by atoms with E-state index < -0.39 is 0 Å². The Balaban J connectivity index is 2.14. The molecule has 1 fully saturated rings. The van der Waals surface area contributed by atoms with E-state index in [4.69, 9.17) is 15.2 Å². The van der Waals surface area contributed by atoms with Crippen molar-refractivity contribution < 1.29 is 9.47 Å². The number of hydrogen-bond donors (Lipinski definition) is 1. The zero-order chi connectivity index (χ0) is 12.1. The van der Waals surface area contributed by atoms with Crippen LogP contribution in [0.3, 0.4) is 0 Å². The first-order valence-corrected chi connectivity index (χ1v) is 6.38. The highest BCUT2D eigenvalue weighted by molar-refractivity contribution is 5.36. The van der Waals surface area contributed by atoms with Gasteiger partial charge in [0, 0.05) is 24.1 Å². The number of para-hydroxylation sites is 1. The maximum atomic E-state index is 6.34. The minimum atomic E-state index is 0.0121. The van der Waals surface area contributed by atoms with E-state index >= 15 is 0 Å². The fourth-order valence-electron chi connectivity index (χ4n) is 2.35. The molecule has 2 rings (SSSR count). The molecular formula is C14H21NO2. The Kier molecular flexibility index (Phi) is 4.40. The van der Waals surface area contributed by atoms with E-state index in [0.717, 1.165) is 37.4 Å². The average molecular weight is 235 g/mol. The fraction of sp³-hybridized carbons (Fsp3) is 0.571. The molecule has 2 unspecified atom stereocenters. The summed E-state index contributed by atoms with van der Waals surface area (Å²) in [4.78, 5) is 0. The van der Waals surface area contributed by atoms with Crippen LogP contribution in [0.2, 0.25) is 0 Å². The molecule has 3 nitrogen and oxygen atoms in total. The molecule has 0 radical (unpaired) electrons. The van der Waals surface area contributed by atoms with Gasteiger partial charge in [-0.05, 0) is 25.8 Å². The minimum absolute atomic E-state index is 0.0121. The van der Waals surface area contributed by atoms with Gasteiger partial charge in [-0.15, -0.1) is 0 Å². The normalized spacial score (nSPS) is 22.1. The summed E-state index contributed by atoms with van der Waals surface area (Å²) in [6.45, 7) is 4.30. The molecule has 1 aromatic rings. The first kappa shape index (κ1) is 12.4. The largest absolute Gasteiger partial charge is 0.494 e. The molecule has 2 N–H and O–H groups in total. The molecule has 0 amide bonds. The zero-order valence-electron chi connectivity index (χ0n) is 10.4. The van der Waals surface area contributed by atoms with Gasteiger partial charge in [-0.1, -0.05) is 18.2 Å². The van der Waals surface area contributed by atoms with Crippen LogP contribution in [0.4, 0.5) is 0 Å². The standard InChI is InChI=1S/C14H21NO2/c1-2-17-13-8-4-3-7-12(13)14(15)11-6-5-9-16-10-11/h3-4,7-8,11,14H,2,5-6,9-10,15H2,1H3. The van der Waals surface area contributed by atoms with Crippen LogP contribution < -0.4 is 10.5 Å². The molecular weight excluding hydrogens is 214 g/mol. The van der Waals surface area contributed by atoms with Crippen LogP contribution in [0.15, 0.2) is 24.3 Å². The third kappa shape index (κ3) is 2.99. The monoisotopic (exact) mass is 235 g/mol. The molecule has 1 aromatic carbocycles. The van der Waals surface area contributed by atoms with Crippen molar-refractivity contribution in [2.24, 2.45) is 11.7 Å². The van der Waals surface area contributed by atoms with Crippen LogP contribution >= 0.6 is 0 Å². The third-order valence-corrected chi connectivity index (χ3v) is 3.28. The zero-order valence-corrected chi connectivity index (χ0v) is 10.4. The van der Waals surface area contributed by atoms with Crippen molar-refractivity contribution in [3.05, 3.63) is 29.8 Å². The lowest BCUT2D eigenvalue weighted by molar-refractivity contribution is 0.0444. The molecule has 2 atom stereocenters. The smallest absolute Gasteiger partial charge is 0.124 e. The Hall–Kier alpha value is -1.06. The molecule has 0 aliphatic carbocycles. The van der Waals surface area contributed by atoms with Crippen molar-refractivity contribution >= 4 is 0 Å². The van der Waals surface area contributed by atoms with Gasteiger partial charge < -0.3 is 15.2 Å². The Bertz CT molecular complexity index is 348. The van der Waals surface area contributed by atoms with Crippen LogP contribution in [0.25, 0.3) is 0 Å². The van der Waals surface area contributed by atoms with Gasteiger partial charge in [0.2, 0.25) is 0 Å². The summed E-state index contributed by atoms with van der Waals surface area (Å²) in [5.41, 5.74) is 7.44. The van der Waals surface area contributed by atoms with Crippen molar-refractivity contribution in [3.8, 4) is 5.75 Å². The van der Waals surface area contributed by atoms with Gasteiger partial charge in [-0.25, -0.2) is 0 Å². The quantitative estimate of drug-likeness (QED) is 0.872. The van der Waals surface area contributed by atoms with Crippen LogP contribution in [-0.2, 0) is 4.74 Å². The van der Waals surface area contributed by atoms with E-state index in [2.05, 4.69) is 6.07 Å². The molecule has 3 heteroatoms. The molecule has 0 bridgehead atoms. The van der Waals surface area contributed by atoms with Crippen molar-refractivity contribution in [1.82, 2.24) is 0 Å². The van der Waals surface area contributed by atoms with Crippen molar-refractivity contribution in [2.45, 2.75) is 25.8 Å². The highest BCUT2D eigenvalue weighted by Crippen LogP contribution is 2.32. The predicted molar refractivity (Wildman–Crippen MR) is 68.1 cm³/mol. The van der Waals surface area contributed by atoms with Crippen LogP contribution in [-0.4, -0.2) is 19.8 Å². The fourth-order valence-corrected chi connectivity index (χ4v) is 2.35. The second-order valence-electron chi connectivity index (χ2n) is 4.47. The van der Waals surface area contributed by atoms with Crippen molar-refractivity contribution in [1.29, 1.82) is 0 Å². The summed E-state index contributed by atoms with van der Waals surface area (Å²) in [6, 6.07) is 8.06. The summed E-state index contributed by atoms with van der Waals surface area (Å²) < 4.78 is 11.1. The van der Waals surface area contributed by atoms with Gasteiger partial charge in [0.15, 0.2) is 0 Å². The summed E-state index contributed by atoms with van der Waals surface area (Å²) in [7, 11) is 0. The Morgan fingerprint density at radius 2 is 2.29 bits per heavy atom. The van der Waals surface area contributed by atoms with Crippen LogP contribution in [0.1, 0.15) is 31.4 Å². The summed E-state index contributed by atoms with van der Waals surface area (Å²) in [5.74, 6) is 1.32. The summed E-state index contributed by atoms with van der Waals surface area (Å²) in [6.07, 6.45) is 2.25. The van der Waals surface area contributed by atoms with Gasteiger partial charge in [-0.3, -0.25) is 0 Å².